The summed E-state index contributed by atoms with van der Waals surface area (Å²) in [6.07, 6.45) is 0. The number of amides is 1. The summed E-state index contributed by atoms with van der Waals surface area (Å²) >= 11 is 0. The van der Waals surface area contributed by atoms with Crippen molar-refractivity contribution in [2.24, 2.45) is 0 Å². The van der Waals surface area contributed by atoms with Crippen LogP contribution in [0.1, 0.15) is 10.4 Å². The summed E-state index contributed by atoms with van der Waals surface area (Å²) < 4.78 is 0. The molecule has 1 heterocycles. The van der Waals surface area contributed by atoms with E-state index in [9.17, 15) is 4.79 Å². The number of benzene rings is 1. The van der Waals surface area contributed by atoms with Gasteiger partial charge in [0.15, 0.2) is 0 Å². The maximum atomic E-state index is 12.2. The van der Waals surface area contributed by atoms with Gasteiger partial charge in [-0.2, -0.15) is 0 Å². The van der Waals surface area contributed by atoms with E-state index >= 15 is 0 Å². The Bertz CT molecular complexity index is 393. The average Bonchev–Trinajstić information content (AvgIpc) is 2.39. The molecule has 4 nitrogen and oxygen atoms in total. The van der Waals surface area contributed by atoms with E-state index in [0.29, 0.717) is 6.04 Å². The Balaban J connectivity index is 1.91. The monoisotopic (exact) mass is 247 g/mol. The third kappa shape index (κ3) is 3.31. The Labute approximate surface area is 109 Å². The number of piperazine rings is 1. The van der Waals surface area contributed by atoms with Crippen molar-refractivity contribution in [2.75, 3.05) is 40.3 Å². The molecule has 1 unspecified atom stereocenters. The van der Waals surface area contributed by atoms with Gasteiger partial charge in [-0.15, -0.1) is 0 Å². The zero-order valence-corrected chi connectivity index (χ0v) is 11.1. The summed E-state index contributed by atoms with van der Waals surface area (Å²) in [4.78, 5) is 16.3. The molecule has 1 amide bonds. The van der Waals surface area contributed by atoms with E-state index in [1.165, 1.54) is 0 Å². The molecule has 1 aromatic rings. The lowest BCUT2D eigenvalue weighted by Gasteiger charge is -2.33. The SMILES string of the molecule is CN1CCNC(CN(C)C(=O)c2ccccc2)C1. The van der Waals surface area contributed by atoms with Gasteiger partial charge in [0.1, 0.15) is 0 Å². The molecule has 0 saturated carbocycles. The molecule has 1 aliphatic heterocycles. The maximum absolute atomic E-state index is 12.2. The fraction of sp³-hybridized carbons (Fsp3) is 0.500. The highest BCUT2D eigenvalue weighted by molar-refractivity contribution is 5.94. The molecular formula is C14H21N3O. The Morgan fingerprint density at radius 2 is 2.17 bits per heavy atom. The Morgan fingerprint density at radius 1 is 1.44 bits per heavy atom. The van der Waals surface area contributed by atoms with Gasteiger partial charge in [-0.3, -0.25) is 4.79 Å². The first-order valence-corrected chi connectivity index (χ1v) is 6.39. The molecule has 0 radical (unpaired) electrons. The van der Waals surface area contributed by atoms with E-state index in [-0.39, 0.29) is 5.91 Å². The van der Waals surface area contributed by atoms with Crippen molar-refractivity contribution < 1.29 is 4.79 Å². The highest BCUT2D eigenvalue weighted by Crippen LogP contribution is 2.05. The quantitative estimate of drug-likeness (QED) is 0.852. The number of rotatable bonds is 3. The molecule has 1 N–H and O–H groups in total. The first-order valence-electron chi connectivity index (χ1n) is 6.39. The number of carbonyl (C=O) groups excluding carboxylic acids is 1. The number of hydrogen-bond donors (Lipinski definition) is 1. The first-order chi connectivity index (χ1) is 8.66. The van der Waals surface area contributed by atoms with E-state index in [2.05, 4.69) is 17.3 Å². The molecule has 0 aromatic heterocycles. The van der Waals surface area contributed by atoms with Gasteiger partial charge in [0.25, 0.3) is 5.91 Å². The lowest BCUT2D eigenvalue weighted by atomic mass is 10.1. The zero-order valence-electron chi connectivity index (χ0n) is 11.1. The molecule has 1 fully saturated rings. The number of carbonyl (C=O) groups is 1. The second-order valence-corrected chi connectivity index (χ2v) is 4.96. The fourth-order valence-electron chi connectivity index (χ4n) is 2.33. The molecule has 4 heteroatoms. The molecule has 1 aromatic carbocycles. The molecule has 2 rings (SSSR count). The molecule has 0 aliphatic carbocycles. The minimum absolute atomic E-state index is 0.0885. The van der Waals surface area contributed by atoms with Gasteiger partial charge >= 0.3 is 0 Å². The second kappa shape index (κ2) is 5.98. The summed E-state index contributed by atoms with van der Waals surface area (Å²) in [5.41, 5.74) is 0.754. The Hall–Kier alpha value is -1.39. The van der Waals surface area contributed by atoms with Crippen molar-refractivity contribution in [3.8, 4) is 0 Å². The predicted molar refractivity (Wildman–Crippen MR) is 72.7 cm³/mol. The van der Waals surface area contributed by atoms with Gasteiger partial charge in [0.2, 0.25) is 0 Å². The molecule has 98 valence electrons. The van der Waals surface area contributed by atoms with Gasteiger partial charge in [0.05, 0.1) is 0 Å². The standard InChI is InChI=1S/C14H21N3O/c1-16-9-8-15-13(10-16)11-17(2)14(18)12-6-4-3-5-7-12/h3-7,13,15H,8-11H2,1-2H3. The van der Waals surface area contributed by atoms with Gasteiger partial charge in [-0.05, 0) is 19.2 Å². The summed E-state index contributed by atoms with van der Waals surface area (Å²) in [6, 6.07) is 9.80. The topological polar surface area (TPSA) is 35.6 Å². The van der Waals surface area contributed by atoms with E-state index in [0.717, 1.165) is 31.7 Å². The van der Waals surface area contributed by atoms with Crippen molar-refractivity contribution in [1.29, 1.82) is 0 Å². The lowest BCUT2D eigenvalue weighted by molar-refractivity contribution is 0.0764. The van der Waals surface area contributed by atoms with E-state index < -0.39 is 0 Å². The zero-order chi connectivity index (χ0) is 13.0. The summed E-state index contributed by atoms with van der Waals surface area (Å²) in [5, 5.41) is 3.45. The van der Waals surface area contributed by atoms with Crippen LogP contribution in [0.4, 0.5) is 0 Å². The van der Waals surface area contributed by atoms with Crippen molar-refractivity contribution in [3.05, 3.63) is 35.9 Å². The molecule has 0 spiro atoms. The summed E-state index contributed by atoms with van der Waals surface area (Å²) in [7, 11) is 3.98. The Kier molecular flexibility index (Phi) is 4.33. The van der Waals surface area contributed by atoms with Crippen LogP contribution in [-0.2, 0) is 0 Å². The number of hydrogen-bond acceptors (Lipinski definition) is 3. The van der Waals surface area contributed by atoms with Crippen LogP contribution in [0, 0.1) is 0 Å². The van der Waals surface area contributed by atoms with Gasteiger partial charge < -0.3 is 15.1 Å². The average molecular weight is 247 g/mol. The van der Waals surface area contributed by atoms with Crippen LogP contribution in [0.15, 0.2) is 30.3 Å². The molecule has 1 aliphatic rings. The number of nitrogens with zero attached hydrogens (tertiary/aromatic N) is 2. The van der Waals surface area contributed by atoms with E-state index in [1.54, 1.807) is 4.90 Å². The van der Waals surface area contributed by atoms with Crippen LogP contribution < -0.4 is 5.32 Å². The predicted octanol–water partition coefficient (Wildman–Crippen LogP) is 0.662. The van der Waals surface area contributed by atoms with Crippen LogP contribution in [-0.4, -0.2) is 62.0 Å². The lowest BCUT2D eigenvalue weighted by Crippen LogP contribution is -2.53. The van der Waals surface area contributed by atoms with Crippen LogP contribution in [0.25, 0.3) is 0 Å². The molecule has 1 saturated heterocycles. The molecule has 0 bridgehead atoms. The smallest absolute Gasteiger partial charge is 0.253 e. The molecule has 18 heavy (non-hydrogen) atoms. The van der Waals surface area contributed by atoms with Crippen LogP contribution in [0.3, 0.4) is 0 Å². The van der Waals surface area contributed by atoms with Crippen molar-refractivity contribution in [2.45, 2.75) is 6.04 Å². The van der Waals surface area contributed by atoms with Gasteiger partial charge in [-0.25, -0.2) is 0 Å². The largest absolute Gasteiger partial charge is 0.340 e. The van der Waals surface area contributed by atoms with Crippen molar-refractivity contribution in [1.82, 2.24) is 15.1 Å². The highest BCUT2D eigenvalue weighted by Gasteiger charge is 2.20. The summed E-state index contributed by atoms with van der Waals surface area (Å²) in [6.45, 7) is 3.81. The normalized spacial score (nSPS) is 20.7. The second-order valence-electron chi connectivity index (χ2n) is 4.96. The number of likely N-dealkylation sites (N-methyl/N-ethyl adjacent to an activating group) is 2. The van der Waals surface area contributed by atoms with E-state index in [1.807, 2.05) is 37.4 Å². The van der Waals surface area contributed by atoms with E-state index in [4.69, 9.17) is 0 Å². The minimum Gasteiger partial charge on any atom is -0.340 e. The molecule has 1 atom stereocenters. The van der Waals surface area contributed by atoms with Crippen molar-refractivity contribution >= 4 is 5.91 Å². The molecular weight excluding hydrogens is 226 g/mol. The van der Waals surface area contributed by atoms with Gasteiger partial charge in [-0.1, -0.05) is 18.2 Å². The maximum Gasteiger partial charge on any atom is 0.253 e. The van der Waals surface area contributed by atoms with Crippen LogP contribution in [0.2, 0.25) is 0 Å². The highest BCUT2D eigenvalue weighted by atomic mass is 16.2. The summed E-state index contributed by atoms with van der Waals surface area (Å²) in [5.74, 6) is 0.0885. The van der Waals surface area contributed by atoms with Crippen LogP contribution >= 0.6 is 0 Å². The van der Waals surface area contributed by atoms with Crippen LogP contribution in [0.5, 0.6) is 0 Å². The third-order valence-electron chi connectivity index (χ3n) is 3.32. The van der Waals surface area contributed by atoms with Crippen molar-refractivity contribution in [3.63, 3.8) is 0 Å². The first kappa shape index (κ1) is 13.1. The third-order valence-corrected chi connectivity index (χ3v) is 3.32. The fourth-order valence-corrected chi connectivity index (χ4v) is 2.33. The number of nitrogens with one attached hydrogen (secondary N) is 1. The minimum atomic E-state index is 0.0885. The van der Waals surface area contributed by atoms with Gasteiger partial charge in [0, 0.05) is 44.8 Å². The Morgan fingerprint density at radius 3 is 2.83 bits per heavy atom.